The minimum absolute atomic E-state index is 0.546. The zero-order chi connectivity index (χ0) is 17.9. The molecule has 132 valence electrons. The van der Waals surface area contributed by atoms with Gasteiger partial charge < -0.3 is 0 Å². The third kappa shape index (κ3) is 3.59. The second-order valence-corrected chi connectivity index (χ2v) is 7.59. The standard InChI is InChI=1S/C25H27N/c1-19-9-6-7-13-22(19)15-24-16-25-20(2)10-8-14-23(25)18-26(24)17-21-11-4-3-5-12-21/h3-14,24H,15-18H2,1-2H3. The Morgan fingerprint density at radius 2 is 1.54 bits per heavy atom. The Bertz CT molecular complexity index is 882. The van der Waals surface area contributed by atoms with Crippen molar-refractivity contribution in [2.75, 3.05) is 0 Å². The summed E-state index contributed by atoms with van der Waals surface area (Å²) in [6.45, 7) is 6.56. The molecular weight excluding hydrogens is 314 g/mol. The molecule has 0 aromatic heterocycles. The van der Waals surface area contributed by atoms with Crippen LogP contribution in [0.4, 0.5) is 0 Å². The van der Waals surface area contributed by atoms with E-state index < -0.39 is 0 Å². The molecule has 0 bridgehead atoms. The monoisotopic (exact) mass is 341 g/mol. The van der Waals surface area contributed by atoms with Crippen molar-refractivity contribution in [1.29, 1.82) is 0 Å². The fourth-order valence-corrected chi connectivity index (χ4v) is 4.21. The highest BCUT2D eigenvalue weighted by molar-refractivity contribution is 5.38. The second kappa shape index (κ2) is 7.47. The summed E-state index contributed by atoms with van der Waals surface area (Å²) in [6.07, 6.45) is 2.26. The van der Waals surface area contributed by atoms with Gasteiger partial charge in [0.2, 0.25) is 0 Å². The quantitative estimate of drug-likeness (QED) is 0.608. The van der Waals surface area contributed by atoms with Crippen LogP contribution in [0.1, 0.15) is 33.4 Å². The molecule has 4 rings (SSSR count). The molecule has 0 saturated carbocycles. The molecule has 1 unspecified atom stereocenters. The maximum absolute atomic E-state index is 2.67. The van der Waals surface area contributed by atoms with Gasteiger partial charge >= 0.3 is 0 Å². The van der Waals surface area contributed by atoms with E-state index >= 15 is 0 Å². The molecule has 1 heterocycles. The average Bonchev–Trinajstić information content (AvgIpc) is 2.65. The Morgan fingerprint density at radius 3 is 2.35 bits per heavy atom. The van der Waals surface area contributed by atoms with Crippen LogP contribution in [0.25, 0.3) is 0 Å². The second-order valence-electron chi connectivity index (χ2n) is 7.59. The van der Waals surface area contributed by atoms with Crippen LogP contribution in [-0.2, 0) is 25.9 Å². The lowest BCUT2D eigenvalue weighted by molar-refractivity contribution is 0.161. The van der Waals surface area contributed by atoms with Gasteiger partial charge in [-0.2, -0.15) is 0 Å². The molecule has 0 radical (unpaired) electrons. The highest BCUT2D eigenvalue weighted by atomic mass is 15.2. The van der Waals surface area contributed by atoms with Crippen molar-refractivity contribution >= 4 is 0 Å². The molecule has 0 aliphatic carbocycles. The first-order valence-corrected chi connectivity index (χ1v) is 9.60. The van der Waals surface area contributed by atoms with Gasteiger partial charge in [-0.05, 0) is 60.1 Å². The van der Waals surface area contributed by atoms with E-state index in [-0.39, 0.29) is 0 Å². The Labute approximate surface area is 157 Å². The van der Waals surface area contributed by atoms with E-state index in [0.717, 1.165) is 25.9 Å². The minimum Gasteiger partial charge on any atom is -0.291 e. The van der Waals surface area contributed by atoms with E-state index in [2.05, 4.69) is 91.5 Å². The van der Waals surface area contributed by atoms with Crippen LogP contribution in [0, 0.1) is 13.8 Å². The molecule has 3 aromatic carbocycles. The van der Waals surface area contributed by atoms with Crippen molar-refractivity contribution in [3.8, 4) is 0 Å². The fourth-order valence-electron chi connectivity index (χ4n) is 4.21. The summed E-state index contributed by atoms with van der Waals surface area (Å²) in [5.41, 5.74) is 8.79. The Morgan fingerprint density at radius 1 is 0.808 bits per heavy atom. The van der Waals surface area contributed by atoms with Gasteiger partial charge in [0, 0.05) is 19.1 Å². The van der Waals surface area contributed by atoms with Crippen molar-refractivity contribution in [2.45, 2.75) is 45.8 Å². The van der Waals surface area contributed by atoms with Crippen molar-refractivity contribution in [2.24, 2.45) is 0 Å². The van der Waals surface area contributed by atoms with Gasteiger partial charge in [0.25, 0.3) is 0 Å². The molecule has 0 fully saturated rings. The average molecular weight is 341 g/mol. The zero-order valence-electron chi connectivity index (χ0n) is 15.8. The minimum atomic E-state index is 0.546. The van der Waals surface area contributed by atoms with E-state index in [0.29, 0.717) is 6.04 Å². The largest absolute Gasteiger partial charge is 0.291 e. The van der Waals surface area contributed by atoms with Crippen molar-refractivity contribution in [3.63, 3.8) is 0 Å². The van der Waals surface area contributed by atoms with E-state index in [4.69, 9.17) is 0 Å². The van der Waals surface area contributed by atoms with Crippen molar-refractivity contribution in [1.82, 2.24) is 4.90 Å². The van der Waals surface area contributed by atoms with Gasteiger partial charge in [-0.1, -0.05) is 72.8 Å². The van der Waals surface area contributed by atoms with Gasteiger partial charge in [-0.15, -0.1) is 0 Å². The number of aryl methyl sites for hydroxylation is 2. The van der Waals surface area contributed by atoms with Crippen LogP contribution in [0.15, 0.2) is 72.8 Å². The maximum atomic E-state index is 2.67. The first-order valence-electron chi connectivity index (χ1n) is 9.60. The molecule has 1 atom stereocenters. The molecule has 0 amide bonds. The molecule has 1 heteroatoms. The summed E-state index contributed by atoms with van der Waals surface area (Å²) < 4.78 is 0. The van der Waals surface area contributed by atoms with E-state index in [1.54, 1.807) is 5.56 Å². The fraction of sp³-hybridized carbons (Fsp3) is 0.280. The summed E-state index contributed by atoms with van der Waals surface area (Å²) in [5.74, 6) is 0. The van der Waals surface area contributed by atoms with Crippen molar-refractivity contribution in [3.05, 3.63) is 106 Å². The lowest BCUT2D eigenvalue weighted by Crippen LogP contribution is -2.41. The molecular formula is C25H27N. The van der Waals surface area contributed by atoms with E-state index in [1.165, 1.54) is 27.8 Å². The van der Waals surface area contributed by atoms with Crippen LogP contribution in [0.3, 0.4) is 0 Å². The maximum Gasteiger partial charge on any atom is 0.0243 e. The molecule has 26 heavy (non-hydrogen) atoms. The lowest BCUT2D eigenvalue weighted by atomic mass is 9.87. The van der Waals surface area contributed by atoms with Gasteiger partial charge in [0.15, 0.2) is 0 Å². The number of benzene rings is 3. The lowest BCUT2D eigenvalue weighted by Gasteiger charge is -2.38. The Hall–Kier alpha value is -2.38. The zero-order valence-corrected chi connectivity index (χ0v) is 15.8. The van der Waals surface area contributed by atoms with Crippen molar-refractivity contribution < 1.29 is 0 Å². The van der Waals surface area contributed by atoms with Gasteiger partial charge in [-0.25, -0.2) is 0 Å². The van der Waals surface area contributed by atoms with Gasteiger partial charge in [0.1, 0.15) is 0 Å². The summed E-state index contributed by atoms with van der Waals surface area (Å²) in [4.78, 5) is 2.67. The highest BCUT2D eigenvalue weighted by Crippen LogP contribution is 2.29. The number of nitrogens with zero attached hydrogens (tertiary/aromatic N) is 1. The smallest absolute Gasteiger partial charge is 0.0243 e. The molecule has 0 spiro atoms. The summed E-state index contributed by atoms with van der Waals surface area (Å²) in [6, 6.07) is 27.1. The SMILES string of the molecule is Cc1ccccc1CC1Cc2c(C)cccc2CN1Cc1ccccc1. The van der Waals surface area contributed by atoms with Crippen LogP contribution in [-0.4, -0.2) is 10.9 Å². The Kier molecular flexibility index (Phi) is 4.90. The summed E-state index contributed by atoms with van der Waals surface area (Å²) >= 11 is 0. The molecule has 1 nitrogen and oxygen atoms in total. The number of fused-ring (bicyclic) bond motifs is 1. The molecule has 3 aromatic rings. The Balaban J connectivity index is 1.65. The third-order valence-electron chi connectivity index (χ3n) is 5.78. The summed E-state index contributed by atoms with van der Waals surface area (Å²) in [7, 11) is 0. The van der Waals surface area contributed by atoms with E-state index in [9.17, 15) is 0 Å². The number of rotatable bonds is 4. The molecule has 0 saturated heterocycles. The molecule has 1 aliphatic heterocycles. The normalized spacial score (nSPS) is 17.1. The predicted molar refractivity (Wildman–Crippen MR) is 109 cm³/mol. The number of hydrogen-bond acceptors (Lipinski definition) is 1. The third-order valence-corrected chi connectivity index (χ3v) is 5.78. The van der Waals surface area contributed by atoms with E-state index in [1.807, 2.05) is 0 Å². The molecule has 0 N–H and O–H groups in total. The molecule has 1 aliphatic rings. The van der Waals surface area contributed by atoms with Crippen LogP contribution in [0.5, 0.6) is 0 Å². The van der Waals surface area contributed by atoms with Crippen LogP contribution < -0.4 is 0 Å². The van der Waals surface area contributed by atoms with Gasteiger partial charge in [-0.3, -0.25) is 4.90 Å². The summed E-state index contributed by atoms with van der Waals surface area (Å²) in [5, 5.41) is 0. The number of hydrogen-bond donors (Lipinski definition) is 0. The first-order chi connectivity index (χ1) is 12.7. The van der Waals surface area contributed by atoms with Crippen LogP contribution in [0.2, 0.25) is 0 Å². The predicted octanol–water partition coefficient (Wildman–Crippen LogP) is 5.47. The first kappa shape index (κ1) is 17.1. The highest BCUT2D eigenvalue weighted by Gasteiger charge is 2.27. The van der Waals surface area contributed by atoms with Crippen LogP contribution >= 0.6 is 0 Å². The topological polar surface area (TPSA) is 3.24 Å². The van der Waals surface area contributed by atoms with Gasteiger partial charge in [0.05, 0.1) is 0 Å².